The van der Waals surface area contributed by atoms with Gasteiger partial charge in [-0.3, -0.25) is 18.9 Å². The summed E-state index contributed by atoms with van der Waals surface area (Å²) in [7, 11) is 1.61. The summed E-state index contributed by atoms with van der Waals surface area (Å²) >= 11 is 6.67. The smallest absolute Gasteiger partial charge is 0.267 e. The first-order valence-electron chi connectivity index (χ1n) is 11.2. The van der Waals surface area contributed by atoms with Gasteiger partial charge in [0.05, 0.1) is 24.1 Å². The number of pyridine rings is 1. The molecule has 182 valence electrons. The molecule has 3 heterocycles. The van der Waals surface area contributed by atoms with Crippen LogP contribution >= 0.6 is 24.0 Å². The number of aromatic nitrogens is 2. The summed E-state index contributed by atoms with van der Waals surface area (Å²) in [5, 5.41) is 3.24. The fourth-order valence-corrected chi connectivity index (χ4v) is 4.81. The zero-order valence-corrected chi connectivity index (χ0v) is 21.2. The molecule has 35 heavy (non-hydrogen) atoms. The molecule has 1 fully saturated rings. The number of hydrogen-bond acceptors (Lipinski definition) is 8. The summed E-state index contributed by atoms with van der Waals surface area (Å²) in [5.74, 6) is 0.929. The molecule has 10 heteroatoms. The lowest BCUT2D eigenvalue weighted by atomic mass is 10.2. The van der Waals surface area contributed by atoms with Crippen LogP contribution in [0.15, 0.2) is 58.4 Å². The molecule has 2 aromatic heterocycles. The molecule has 0 radical (unpaired) electrons. The normalized spacial score (nSPS) is 14.8. The van der Waals surface area contributed by atoms with Gasteiger partial charge >= 0.3 is 0 Å². The molecule has 1 amide bonds. The van der Waals surface area contributed by atoms with Crippen molar-refractivity contribution >= 4 is 51.7 Å². The van der Waals surface area contributed by atoms with E-state index in [4.69, 9.17) is 21.7 Å². The quantitative estimate of drug-likeness (QED) is 0.249. The molecular formula is C25H26N4O4S2. The average molecular weight is 511 g/mol. The van der Waals surface area contributed by atoms with E-state index in [-0.39, 0.29) is 11.5 Å². The number of carbonyl (C=O) groups is 1. The number of methoxy groups -OCH3 is 1. The summed E-state index contributed by atoms with van der Waals surface area (Å²) in [6.07, 6.45) is 4.01. The topological polar surface area (TPSA) is 85.2 Å². The Morgan fingerprint density at radius 2 is 1.97 bits per heavy atom. The molecule has 1 saturated heterocycles. The van der Waals surface area contributed by atoms with Crippen LogP contribution in [-0.4, -0.2) is 51.4 Å². The number of amides is 1. The molecule has 1 aliphatic rings. The Balaban J connectivity index is 1.62. The van der Waals surface area contributed by atoms with E-state index >= 15 is 0 Å². The van der Waals surface area contributed by atoms with E-state index in [2.05, 4.69) is 10.3 Å². The minimum absolute atomic E-state index is 0.240. The first kappa shape index (κ1) is 24.9. The Morgan fingerprint density at radius 1 is 1.17 bits per heavy atom. The van der Waals surface area contributed by atoms with Crippen LogP contribution in [0.1, 0.15) is 24.5 Å². The van der Waals surface area contributed by atoms with Crippen LogP contribution in [0.25, 0.3) is 11.7 Å². The first-order valence-corrected chi connectivity index (χ1v) is 12.5. The second kappa shape index (κ2) is 11.5. The maximum Gasteiger partial charge on any atom is 0.267 e. The van der Waals surface area contributed by atoms with Crippen molar-refractivity contribution in [1.82, 2.24) is 14.3 Å². The van der Waals surface area contributed by atoms with E-state index in [0.717, 1.165) is 17.7 Å². The summed E-state index contributed by atoms with van der Waals surface area (Å²) in [4.78, 5) is 33.1. The van der Waals surface area contributed by atoms with Crippen molar-refractivity contribution < 1.29 is 14.3 Å². The summed E-state index contributed by atoms with van der Waals surface area (Å²) < 4.78 is 12.5. The van der Waals surface area contributed by atoms with Crippen molar-refractivity contribution in [2.45, 2.75) is 19.9 Å². The van der Waals surface area contributed by atoms with Gasteiger partial charge in [-0.25, -0.2) is 4.98 Å². The fraction of sp³-hybridized carbons (Fsp3) is 0.280. The molecule has 1 aliphatic heterocycles. The first-order chi connectivity index (χ1) is 17.0. The van der Waals surface area contributed by atoms with Gasteiger partial charge in [-0.1, -0.05) is 42.2 Å². The number of nitrogens with zero attached hydrogens (tertiary/aromatic N) is 3. The third-order valence-electron chi connectivity index (χ3n) is 5.38. The van der Waals surface area contributed by atoms with Crippen LogP contribution < -0.4 is 15.6 Å². The number of ether oxygens (including phenoxy) is 2. The van der Waals surface area contributed by atoms with Gasteiger partial charge in [0.2, 0.25) is 0 Å². The number of thiocarbonyl (C=S) groups is 1. The standard InChI is InChI=1S/C25H26N4O4S2/c1-3-33-14-6-12-26-22-19(23(30)28-13-5-4-7-21(28)27-22)15-20-24(31)29(25(34)35-20)16-17-8-10-18(32-2)11-9-17/h4-5,7-11,13,15,26H,3,6,12,14,16H2,1-2H3. The van der Waals surface area contributed by atoms with Crippen LogP contribution in [0.3, 0.4) is 0 Å². The monoisotopic (exact) mass is 510 g/mol. The van der Waals surface area contributed by atoms with Crippen molar-refractivity contribution in [3.63, 3.8) is 0 Å². The van der Waals surface area contributed by atoms with E-state index < -0.39 is 0 Å². The van der Waals surface area contributed by atoms with Gasteiger partial charge in [-0.15, -0.1) is 0 Å². The molecule has 0 bridgehead atoms. The molecule has 1 N–H and O–H groups in total. The van der Waals surface area contributed by atoms with E-state index in [1.807, 2.05) is 37.3 Å². The average Bonchev–Trinajstić information content (AvgIpc) is 3.13. The molecule has 0 saturated carbocycles. The van der Waals surface area contributed by atoms with E-state index in [0.29, 0.717) is 52.6 Å². The van der Waals surface area contributed by atoms with Crippen LogP contribution in [-0.2, 0) is 16.1 Å². The second-order valence-electron chi connectivity index (χ2n) is 7.70. The number of rotatable bonds is 10. The van der Waals surface area contributed by atoms with Crippen LogP contribution in [0.4, 0.5) is 5.82 Å². The number of hydrogen-bond donors (Lipinski definition) is 1. The Bertz CT molecular complexity index is 1320. The van der Waals surface area contributed by atoms with Gasteiger partial charge in [-0.2, -0.15) is 0 Å². The van der Waals surface area contributed by atoms with Gasteiger partial charge < -0.3 is 14.8 Å². The zero-order valence-electron chi connectivity index (χ0n) is 19.5. The number of fused-ring (bicyclic) bond motifs is 1. The van der Waals surface area contributed by atoms with Gasteiger partial charge in [0.15, 0.2) is 0 Å². The number of anilines is 1. The third-order valence-corrected chi connectivity index (χ3v) is 6.76. The predicted octanol–water partition coefficient (Wildman–Crippen LogP) is 3.94. The molecule has 0 unspecified atom stereocenters. The zero-order chi connectivity index (χ0) is 24.8. The molecule has 0 atom stereocenters. The number of carbonyl (C=O) groups excluding carboxylic acids is 1. The molecule has 0 aliphatic carbocycles. The largest absolute Gasteiger partial charge is 0.497 e. The fourth-order valence-electron chi connectivity index (χ4n) is 3.57. The predicted molar refractivity (Wildman–Crippen MR) is 143 cm³/mol. The van der Waals surface area contributed by atoms with Crippen molar-refractivity contribution in [3.8, 4) is 5.75 Å². The van der Waals surface area contributed by atoms with Gasteiger partial charge in [0, 0.05) is 26.0 Å². The highest BCUT2D eigenvalue weighted by molar-refractivity contribution is 8.26. The van der Waals surface area contributed by atoms with Crippen LogP contribution in [0, 0.1) is 0 Å². The van der Waals surface area contributed by atoms with E-state index in [9.17, 15) is 9.59 Å². The minimum atomic E-state index is -0.261. The van der Waals surface area contributed by atoms with Crippen molar-refractivity contribution in [2.75, 3.05) is 32.2 Å². The Hall–Kier alpha value is -3.21. The molecular weight excluding hydrogens is 484 g/mol. The molecule has 1 aromatic carbocycles. The maximum absolute atomic E-state index is 13.3. The Morgan fingerprint density at radius 3 is 2.71 bits per heavy atom. The van der Waals surface area contributed by atoms with Crippen molar-refractivity contribution in [1.29, 1.82) is 0 Å². The lowest BCUT2D eigenvalue weighted by Crippen LogP contribution is -2.27. The van der Waals surface area contributed by atoms with Crippen molar-refractivity contribution in [3.05, 3.63) is 75.0 Å². The van der Waals surface area contributed by atoms with Crippen LogP contribution in [0.2, 0.25) is 0 Å². The molecule has 3 aromatic rings. The van der Waals surface area contributed by atoms with E-state index in [1.54, 1.807) is 31.5 Å². The van der Waals surface area contributed by atoms with Gasteiger partial charge in [0.1, 0.15) is 21.5 Å². The third kappa shape index (κ3) is 5.72. The van der Waals surface area contributed by atoms with Gasteiger partial charge in [0.25, 0.3) is 11.5 Å². The SMILES string of the molecule is CCOCCCNc1nc2ccccn2c(=O)c1C=C1SC(=S)N(Cc2ccc(OC)cc2)C1=O. The highest BCUT2D eigenvalue weighted by Crippen LogP contribution is 2.34. The minimum Gasteiger partial charge on any atom is -0.497 e. The molecule has 0 spiro atoms. The summed E-state index contributed by atoms with van der Waals surface area (Å²) in [6.45, 7) is 4.12. The second-order valence-corrected chi connectivity index (χ2v) is 9.38. The van der Waals surface area contributed by atoms with Crippen molar-refractivity contribution in [2.24, 2.45) is 0 Å². The Labute approximate surface area is 212 Å². The summed E-state index contributed by atoms with van der Waals surface area (Å²) in [6, 6.07) is 12.8. The maximum atomic E-state index is 13.3. The molecule has 8 nitrogen and oxygen atoms in total. The lowest BCUT2D eigenvalue weighted by molar-refractivity contribution is -0.122. The van der Waals surface area contributed by atoms with E-state index in [1.165, 1.54) is 21.1 Å². The number of thioether (sulfide) groups is 1. The van der Waals surface area contributed by atoms with Crippen LogP contribution in [0.5, 0.6) is 5.75 Å². The lowest BCUT2D eigenvalue weighted by Gasteiger charge is -2.14. The highest BCUT2D eigenvalue weighted by Gasteiger charge is 2.32. The summed E-state index contributed by atoms with van der Waals surface area (Å²) in [5.41, 5.74) is 1.50. The number of benzene rings is 1. The van der Waals surface area contributed by atoms with Gasteiger partial charge in [-0.05, 0) is 49.2 Å². The highest BCUT2D eigenvalue weighted by atomic mass is 32.2. The number of nitrogens with one attached hydrogen (secondary N) is 1. The Kier molecular flexibility index (Phi) is 8.17. The molecule has 4 rings (SSSR count).